The van der Waals surface area contributed by atoms with Gasteiger partial charge in [0.1, 0.15) is 18.1 Å². The summed E-state index contributed by atoms with van der Waals surface area (Å²) in [6.07, 6.45) is 2.72. The first kappa shape index (κ1) is 18.0. The van der Waals surface area contributed by atoms with Crippen LogP contribution in [0.25, 0.3) is 10.9 Å². The van der Waals surface area contributed by atoms with Crippen molar-refractivity contribution in [2.75, 3.05) is 33.4 Å². The Bertz CT molecular complexity index is 865. The molecule has 0 unspecified atom stereocenters. The Labute approximate surface area is 157 Å². The molecule has 7 heteroatoms. The van der Waals surface area contributed by atoms with Crippen LogP contribution in [0.5, 0.6) is 0 Å². The van der Waals surface area contributed by atoms with Crippen molar-refractivity contribution < 1.29 is 18.7 Å². The summed E-state index contributed by atoms with van der Waals surface area (Å²) in [6, 6.07) is 6.33. The van der Waals surface area contributed by atoms with E-state index in [0.717, 1.165) is 31.3 Å². The lowest BCUT2D eigenvalue weighted by Crippen LogP contribution is -2.57. The molecular weight excluding hydrogens is 349 g/mol. The molecule has 1 N–H and O–H groups in total. The molecule has 2 aliphatic rings. The van der Waals surface area contributed by atoms with E-state index in [1.54, 1.807) is 12.1 Å². The first-order valence-corrected chi connectivity index (χ1v) is 9.43. The molecule has 0 aliphatic carbocycles. The lowest BCUT2D eigenvalue weighted by atomic mass is 9.83. The summed E-state index contributed by atoms with van der Waals surface area (Å²) in [7, 11) is 1.53. The molecule has 2 amide bonds. The summed E-state index contributed by atoms with van der Waals surface area (Å²) in [6.45, 7) is 2.14. The van der Waals surface area contributed by atoms with E-state index in [9.17, 15) is 14.0 Å². The predicted molar refractivity (Wildman–Crippen MR) is 98.9 cm³/mol. The van der Waals surface area contributed by atoms with Crippen molar-refractivity contribution in [2.24, 2.45) is 5.92 Å². The second-order valence-corrected chi connectivity index (χ2v) is 7.44. The van der Waals surface area contributed by atoms with E-state index < -0.39 is 0 Å². The number of aromatic amines is 1. The van der Waals surface area contributed by atoms with Gasteiger partial charge in [-0.05, 0) is 49.4 Å². The molecule has 0 saturated carbocycles. The van der Waals surface area contributed by atoms with E-state index in [1.807, 2.05) is 9.80 Å². The van der Waals surface area contributed by atoms with E-state index >= 15 is 0 Å². The third-order valence-electron chi connectivity index (χ3n) is 5.76. The maximum atomic E-state index is 13.4. The number of aromatic nitrogens is 1. The number of methoxy groups -OCH3 is 1. The van der Waals surface area contributed by atoms with Gasteiger partial charge in [0.25, 0.3) is 5.91 Å². The zero-order valence-electron chi connectivity index (χ0n) is 15.4. The zero-order valence-corrected chi connectivity index (χ0v) is 15.4. The first-order valence-electron chi connectivity index (χ1n) is 9.43. The monoisotopic (exact) mass is 373 g/mol. The van der Waals surface area contributed by atoms with Gasteiger partial charge in [-0.15, -0.1) is 0 Å². The number of halogens is 1. The molecule has 1 aromatic carbocycles. The first-order chi connectivity index (χ1) is 13.1. The van der Waals surface area contributed by atoms with Crippen LogP contribution >= 0.6 is 0 Å². The number of amides is 2. The summed E-state index contributed by atoms with van der Waals surface area (Å²) in [5.74, 6) is -0.0549. The Kier molecular flexibility index (Phi) is 4.86. The van der Waals surface area contributed by atoms with Crippen molar-refractivity contribution in [2.45, 2.75) is 25.3 Å². The van der Waals surface area contributed by atoms with Crippen LogP contribution in [0.3, 0.4) is 0 Å². The molecule has 6 nitrogen and oxygen atoms in total. The van der Waals surface area contributed by atoms with Crippen LogP contribution in [-0.2, 0) is 9.53 Å². The molecule has 2 saturated heterocycles. The zero-order chi connectivity index (χ0) is 19.0. The fraction of sp³-hybridized carbons (Fsp3) is 0.500. The molecule has 2 atom stereocenters. The minimum absolute atomic E-state index is 0.0112. The lowest BCUT2D eigenvalue weighted by molar-refractivity contribution is -0.138. The van der Waals surface area contributed by atoms with E-state index in [2.05, 4.69) is 4.98 Å². The van der Waals surface area contributed by atoms with E-state index in [-0.39, 0.29) is 30.3 Å². The number of nitrogens with one attached hydrogen (secondary N) is 1. The number of hydrogen-bond acceptors (Lipinski definition) is 3. The number of H-pyrrole nitrogens is 1. The van der Waals surface area contributed by atoms with Gasteiger partial charge in [0.05, 0.1) is 0 Å². The average molecular weight is 373 g/mol. The molecule has 144 valence electrons. The van der Waals surface area contributed by atoms with Crippen molar-refractivity contribution in [1.82, 2.24) is 14.8 Å². The van der Waals surface area contributed by atoms with E-state index in [0.29, 0.717) is 30.1 Å². The predicted octanol–water partition coefficient (Wildman–Crippen LogP) is 2.41. The highest BCUT2D eigenvalue weighted by Gasteiger charge is 2.39. The van der Waals surface area contributed by atoms with Crippen molar-refractivity contribution in [3.63, 3.8) is 0 Å². The van der Waals surface area contributed by atoms with Gasteiger partial charge in [0.15, 0.2) is 0 Å². The Morgan fingerprint density at radius 3 is 2.93 bits per heavy atom. The minimum Gasteiger partial charge on any atom is -0.375 e. The third kappa shape index (κ3) is 3.43. The van der Waals surface area contributed by atoms with Crippen LogP contribution < -0.4 is 0 Å². The summed E-state index contributed by atoms with van der Waals surface area (Å²) in [5.41, 5.74) is 1.25. The van der Waals surface area contributed by atoms with Crippen LogP contribution in [0.1, 0.15) is 29.8 Å². The van der Waals surface area contributed by atoms with Crippen LogP contribution in [0, 0.1) is 11.7 Å². The molecule has 0 radical (unpaired) electrons. The normalized spacial score (nSPS) is 22.7. The summed E-state index contributed by atoms with van der Waals surface area (Å²) in [5, 5.41) is 0.701. The molecule has 1 aromatic heterocycles. The molecule has 4 rings (SSSR count). The van der Waals surface area contributed by atoms with Crippen LogP contribution in [0.4, 0.5) is 4.39 Å². The topological polar surface area (TPSA) is 65.6 Å². The Hall–Kier alpha value is -2.41. The summed E-state index contributed by atoms with van der Waals surface area (Å²) >= 11 is 0. The number of fused-ring (bicyclic) bond motifs is 2. The maximum absolute atomic E-state index is 13.4. The van der Waals surface area contributed by atoms with E-state index in [4.69, 9.17) is 4.74 Å². The van der Waals surface area contributed by atoms with Gasteiger partial charge in [-0.3, -0.25) is 9.59 Å². The van der Waals surface area contributed by atoms with Crippen LogP contribution in [-0.4, -0.2) is 66.0 Å². The van der Waals surface area contributed by atoms with Gasteiger partial charge >= 0.3 is 0 Å². The molecule has 27 heavy (non-hydrogen) atoms. The number of carbonyl (C=O) groups is 2. The van der Waals surface area contributed by atoms with Crippen molar-refractivity contribution in [3.8, 4) is 0 Å². The number of rotatable bonds is 3. The Balaban J connectivity index is 1.51. The number of ether oxygens (including phenoxy) is 1. The highest BCUT2D eigenvalue weighted by molar-refractivity contribution is 5.98. The van der Waals surface area contributed by atoms with Crippen LogP contribution in [0.2, 0.25) is 0 Å². The largest absolute Gasteiger partial charge is 0.375 e. The van der Waals surface area contributed by atoms with Crippen molar-refractivity contribution in [3.05, 3.63) is 35.8 Å². The second kappa shape index (κ2) is 7.31. The third-order valence-corrected chi connectivity index (χ3v) is 5.76. The molecule has 2 aromatic rings. The SMILES string of the molecule is COCC(=O)N1CC[C@@H]2[C@@H](CCCN2C(=O)c2cc3cc(F)ccc3[nH]2)C1. The quantitative estimate of drug-likeness (QED) is 0.899. The standard InChI is InChI=1S/C20H24FN3O3/c1-27-12-19(25)23-8-6-18-13(11-23)3-2-7-24(18)20(26)17-10-14-9-15(21)4-5-16(14)22-17/h4-5,9-10,13,18,22H,2-3,6-8,11-12H2,1H3/t13-,18+/m0/s1. The van der Waals surface area contributed by atoms with Gasteiger partial charge in [0.2, 0.25) is 5.91 Å². The Morgan fingerprint density at radius 1 is 1.26 bits per heavy atom. The summed E-state index contributed by atoms with van der Waals surface area (Å²) < 4.78 is 18.4. The Morgan fingerprint density at radius 2 is 2.11 bits per heavy atom. The van der Waals surface area contributed by atoms with Crippen molar-refractivity contribution >= 4 is 22.7 Å². The second-order valence-electron chi connectivity index (χ2n) is 7.44. The fourth-order valence-corrected chi connectivity index (χ4v) is 4.47. The van der Waals surface area contributed by atoms with Gasteiger partial charge in [-0.1, -0.05) is 0 Å². The van der Waals surface area contributed by atoms with Gasteiger partial charge in [-0.2, -0.15) is 0 Å². The maximum Gasteiger partial charge on any atom is 0.270 e. The number of hydrogen-bond donors (Lipinski definition) is 1. The smallest absolute Gasteiger partial charge is 0.270 e. The van der Waals surface area contributed by atoms with Gasteiger partial charge < -0.3 is 19.5 Å². The fourth-order valence-electron chi connectivity index (χ4n) is 4.47. The molecule has 3 heterocycles. The van der Waals surface area contributed by atoms with E-state index in [1.165, 1.54) is 19.2 Å². The molecular formula is C20H24FN3O3. The van der Waals surface area contributed by atoms with Gasteiger partial charge in [0, 0.05) is 43.7 Å². The summed E-state index contributed by atoms with van der Waals surface area (Å²) in [4.78, 5) is 32.2. The molecule has 2 aliphatic heterocycles. The highest BCUT2D eigenvalue weighted by Crippen LogP contribution is 2.32. The molecule has 0 bridgehead atoms. The van der Waals surface area contributed by atoms with Gasteiger partial charge in [-0.25, -0.2) is 4.39 Å². The minimum atomic E-state index is -0.313. The molecule has 2 fully saturated rings. The number of carbonyl (C=O) groups excluding carboxylic acids is 2. The van der Waals surface area contributed by atoms with Crippen molar-refractivity contribution in [1.29, 1.82) is 0 Å². The number of piperidine rings is 2. The number of benzene rings is 1. The number of likely N-dealkylation sites (tertiary alicyclic amines) is 2. The highest BCUT2D eigenvalue weighted by atomic mass is 19.1. The molecule has 0 spiro atoms. The average Bonchev–Trinajstić information content (AvgIpc) is 3.09. The van der Waals surface area contributed by atoms with Crippen LogP contribution in [0.15, 0.2) is 24.3 Å². The lowest BCUT2D eigenvalue weighted by Gasteiger charge is -2.47. The number of nitrogens with zero attached hydrogens (tertiary/aromatic N) is 2.